The Hall–Kier alpha value is -1.41. The largest absolute Gasteiger partial charge is 0.394 e. The Balaban J connectivity index is 2.39. The van der Waals surface area contributed by atoms with Gasteiger partial charge in [-0.05, 0) is 51.4 Å². The molecule has 0 aromatic rings. The molecule has 0 aliphatic carbocycles. The van der Waals surface area contributed by atoms with Gasteiger partial charge in [0.2, 0.25) is 5.91 Å². The number of hydrogen-bond acceptors (Lipinski definition) is 10. The molecule has 8 N–H and O–H groups in total. The van der Waals surface area contributed by atoms with Gasteiger partial charge in [0, 0.05) is 0 Å². The van der Waals surface area contributed by atoms with Gasteiger partial charge >= 0.3 is 0 Å². The SMILES string of the molecule is CCCCCCCCCCCC/C=C/CC/C=C/CCCC(O)C(O)C(COC1OC(CO)C(O)C(O)C1O)NC(=O)C(O)CCCCCCCCCCCCCCCCCCCCC. The highest BCUT2D eigenvalue weighted by Crippen LogP contribution is 2.23. The van der Waals surface area contributed by atoms with Gasteiger partial charge in [-0.3, -0.25) is 4.79 Å². The van der Waals surface area contributed by atoms with Gasteiger partial charge in [-0.1, -0.05) is 218 Å². The summed E-state index contributed by atoms with van der Waals surface area (Å²) in [5.41, 5.74) is 0. The summed E-state index contributed by atoms with van der Waals surface area (Å²) in [6.07, 6.45) is 39.4. The van der Waals surface area contributed by atoms with Crippen molar-refractivity contribution < 1.29 is 50.0 Å². The van der Waals surface area contributed by atoms with Crippen molar-refractivity contribution in [2.24, 2.45) is 0 Å². The van der Waals surface area contributed by atoms with Gasteiger partial charge in [0.05, 0.1) is 25.4 Å². The monoisotopic (exact) mass is 926 g/mol. The first-order chi connectivity index (χ1) is 31.7. The highest BCUT2D eigenvalue weighted by atomic mass is 16.7. The van der Waals surface area contributed by atoms with E-state index in [1.165, 1.54) is 161 Å². The molecule has 384 valence electrons. The van der Waals surface area contributed by atoms with E-state index >= 15 is 0 Å². The van der Waals surface area contributed by atoms with Gasteiger partial charge in [0.1, 0.15) is 36.6 Å². The predicted octanol–water partition coefficient (Wildman–Crippen LogP) is 10.6. The Morgan fingerprint density at radius 1 is 0.523 bits per heavy atom. The Labute approximate surface area is 397 Å². The number of carbonyl (C=O) groups excluding carboxylic acids is 1. The summed E-state index contributed by atoms with van der Waals surface area (Å²) in [5.74, 6) is -0.707. The number of aliphatic hydroxyl groups excluding tert-OH is 7. The minimum Gasteiger partial charge on any atom is -0.394 e. The molecular formula is C54H103NO10. The topological polar surface area (TPSA) is 189 Å². The molecule has 1 saturated heterocycles. The molecule has 0 aromatic carbocycles. The Bertz CT molecular complexity index is 1110. The fraction of sp³-hybridized carbons (Fsp3) is 0.907. The normalized spacial score (nSPS) is 21.0. The van der Waals surface area contributed by atoms with Crippen LogP contribution in [0.25, 0.3) is 0 Å². The third-order valence-electron chi connectivity index (χ3n) is 13.2. The van der Waals surface area contributed by atoms with Crippen LogP contribution in [0.2, 0.25) is 0 Å². The number of allylic oxidation sites excluding steroid dienone is 4. The van der Waals surface area contributed by atoms with E-state index in [0.717, 1.165) is 38.5 Å². The van der Waals surface area contributed by atoms with Gasteiger partial charge in [-0.2, -0.15) is 0 Å². The summed E-state index contributed by atoms with van der Waals surface area (Å²) in [6, 6.07) is -1.19. The minimum absolute atomic E-state index is 0.249. The smallest absolute Gasteiger partial charge is 0.249 e. The van der Waals surface area contributed by atoms with Crippen molar-refractivity contribution in [2.75, 3.05) is 13.2 Å². The molecule has 65 heavy (non-hydrogen) atoms. The second-order valence-electron chi connectivity index (χ2n) is 19.3. The van der Waals surface area contributed by atoms with Crippen molar-refractivity contribution in [3.05, 3.63) is 24.3 Å². The quantitative estimate of drug-likeness (QED) is 0.0216. The number of unbranched alkanes of at least 4 members (excludes halogenated alkanes) is 30. The summed E-state index contributed by atoms with van der Waals surface area (Å²) in [7, 11) is 0. The van der Waals surface area contributed by atoms with E-state index < -0.39 is 74.2 Å². The highest BCUT2D eigenvalue weighted by molar-refractivity contribution is 5.80. The second-order valence-corrected chi connectivity index (χ2v) is 19.3. The molecule has 11 nitrogen and oxygen atoms in total. The standard InChI is InChI=1S/C54H103NO10/c1-3-5-7-9-11-13-15-17-19-21-23-25-27-29-31-33-35-37-39-41-46(57)49(59)45(44-64-54-52(62)51(61)50(60)48(43-56)65-54)55-53(63)47(58)42-40-38-36-34-32-30-28-26-24-22-20-18-16-14-12-10-8-6-4-2/h25,27,33,35,45-52,54,56-62H,3-24,26,28-32,34,36-44H2,1-2H3,(H,55,63)/b27-25+,35-33+. The molecule has 1 rings (SSSR count). The molecule has 1 amide bonds. The predicted molar refractivity (Wildman–Crippen MR) is 266 cm³/mol. The van der Waals surface area contributed by atoms with Crippen LogP contribution in [0.3, 0.4) is 0 Å². The summed E-state index contributed by atoms with van der Waals surface area (Å²) < 4.78 is 11.1. The third-order valence-corrected chi connectivity index (χ3v) is 13.2. The van der Waals surface area contributed by atoms with Gasteiger partial charge in [0.25, 0.3) is 0 Å². The zero-order valence-electron chi connectivity index (χ0n) is 41.7. The molecule has 0 bridgehead atoms. The van der Waals surface area contributed by atoms with Crippen molar-refractivity contribution in [2.45, 2.75) is 300 Å². The van der Waals surface area contributed by atoms with Gasteiger partial charge < -0.3 is 50.5 Å². The Morgan fingerprint density at radius 3 is 1.37 bits per heavy atom. The van der Waals surface area contributed by atoms with Gasteiger partial charge in [-0.25, -0.2) is 0 Å². The second kappa shape index (κ2) is 43.8. The van der Waals surface area contributed by atoms with Crippen molar-refractivity contribution >= 4 is 5.91 Å². The van der Waals surface area contributed by atoms with E-state index in [9.17, 15) is 40.5 Å². The van der Waals surface area contributed by atoms with Crippen LogP contribution in [0.15, 0.2) is 24.3 Å². The highest BCUT2D eigenvalue weighted by Gasteiger charge is 2.44. The molecule has 9 unspecified atom stereocenters. The summed E-state index contributed by atoms with van der Waals surface area (Å²) >= 11 is 0. The molecule has 1 aliphatic rings. The lowest BCUT2D eigenvalue weighted by atomic mass is 9.98. The van der Waals surface area contributed by atoms with Crippen LogP contribution in [-0.2, 0) is 14.3 Å². The fourth-order valence-corrected chi connectivity index (χ4v) is 8.75. The van der Waals surface area contributed by atoms with E-state index in [2.05, 4.69) is 43.5 Å². The van der Waals surface area contributed by atoms with Crippen LogP contribution in [0, 0.1) is 0 Å². The van der Waals surface area contributed by atoms with Crippen LogP contribution in [0.1, 0.15) is 245 Å². The molecule has 0 saturated carbocycles. The molecule has 0 aromatic heterocycles. The lowest BCUT2D eigenvalue weighted by Gasteiger charge is -2.40. The van der Waals surface area contributed by atoms with Crippen molar-refractivity contribution in [3.8, 4) is 0 Å². The van der Waals surface area contributed by atoms with E-state index in [1.807, 2.05) is 0 Å². The van der Waals surface area contributed by atoms with Gasteiger partial charge in [0.15, 0.2) is 6.29 Å². The van der Waals surface area contributed by atoms with Crippen LogP contribution >= 0.6 is 0 Å². The maximum absolute atomic E-state index is 13.1. The number of carbonyl (C=O) groups is 1. The molecule has 1 aliphatic heterocycles. The van der Waals surface area contributed by atoms with Crippen molar-refractivity contribution in [3.63, 3.8) is 0 Å². The van der Waals surface area contributed by atoms with Crippen molar-refractivity contribution in [1.82, 2.24) is 5.32 Å². The van der Waals surface area contributed by atoms with Crippen LogP contribution in [0.5, 0.6) is 0 Å². The number of hydrogen-bond donors (Lipinski definition) is 8. The lowest BCUT2D eigenvalue weighted by Crippen LogP contribution is -2.60. The first-order valence-electron chi connectivity index (χ1n) is 27.2. The third kappa shape index (κ3) is 32.9. The van der Waals surface area contributed by atoms with E-state index in [1.54, 1.807) is 0 Å². The number of aliphatic hydroxyl groups is 7. The van der Waals surface area contributed by atoms with Crippen LogP contribution in [-0.4, -0.2) is 110 Å². The Morgan fingerprint density at radius 2 is 0.923 bits per heavy atom. The molecule has 1 heterocycles. The average molecular weight is 926 g/mol. The van der Waals surface area contributed by atoms with E-state index in [-0.39, 0.29) is 12.8 Å². The molecular weight excluding hydrogens is 823 g/mol. The Kier molecular flexibility index (Phi) is 41.6. The maximum Gasteiger partial charge on any atom is 0.249 e. The summed E-state index contributed by atoms with van der Waals surface area (Å²) in [5, 5.41) is 76.0. The molecule has 9 atom stereocenters. The minimum atomic E-state index is -1.67. The van der Waals surface area contributed by atoms with Crippen molar-refractivity contribution in [1.29, 1.82) is 0 Å². The van der Waals surface area contributed by atoms with E-state index in [4.69, 9.17) is 9.47 Å². The molecule has 11 heteroatoms. The van der Waals surface area contributed by atoms with Gasteiger partial charge in [-0.15, -0.1) is 0 Å². The summed E-state index contributed by atoms with van der Waals surface area (Å²) in [6.45, 7) is 3.45. The number of amides is 1. The summed E-state index contributed by atoms with van der Waals surface area (Å²) in [4.78, 5) is 13.1. The number of nitrogens with one attached hydrogen (secondary N) is 1. The average Bonchev–Trinajstić information content (AvgIpc) is 3.31. The van der Waals surface area contributed by atoms with E-state index in [0.29, 0.717) is 19.3 Å². The first-order valence-corrected chi connectivity index (χ1v) is 27.2. The molecule has 1 fully saturated rings. The lowest BCUT2D eigenvalue weighted by molar-refractivity contribution is -0.303. The fourth-order valence-electron chi connectivity index (χ4n) is 8.75. The zero-order valence-corrected chi connectivity index (χ0v) is 41.7. The van der Waals surface area contributed by atoms with Crippen LogP contribution in [0.4, 0.5) is 0 Å². The molecule has 0 spiro atoms. The number of rotatable bonds is 46. The van der Waals surface area contributed by atoms with Crippen LogP contribution < -0.4 is 5.32 Å². The molecule has 0 radical (unpaired) electrons. The first kappa shape index (κ1) is 61.6. The zero-order chi connectivity index (χ0) is 47.6. The maximum atomic E-state index is 13.1. The number of ether oxygens (including phenoxy) is 2.